The van der Waals surface area contributed by atoms with Gasteiger partial charge in [0.2, 0.25) is 0 Å². The van der Waals surface area contributed by atoms with E-state index in [0.29, 0.717) is 5.75 Å². The van der Waals surface area contributed by atoms with E-state index in [2.05, 4.69) is 5.43 Å². The van der Waals surface area contributed by atoms with E-state index in [1.807, 2.05) is 25.6 Å². The van der Waals surface area contributed by atoms with E-state index in [9.17, 15) is 17.6 Å². The minimum Gasteiger partial charge on any atom is -0.484 e. The lowest BCUT2D eigenvalue weighted by atomic mass is 9.87. The van der Waals surface area contributed by atoms with Crippen LogP contribution in [0.1, 0.15) is 26.3 Å². The molecule has 140 valence electrons. The van der Waals surface area contributed by atoms with Gasteiger partial charge in [-0.2, -0.15) is 0 Å². The standard InChI is InChI=1S/C18H21FN2O4S/c1-18(2,3)13-4-10-16(11-5-13)26(23,24)21-20-17(22)12-25-15-8-6-14(19)7-9-15/h4-11,21H,12H2,1-3H3,(H,20,22). The predicted molar refractivity (Wildman–Crippen MR) is 95.5 cm³/mol. The van der Waals surface area contributed by atoms with Gasteiger partial charge in [-0.1, -0.05) is 32.9 Å². The second-order valence-corrected chi connectivity index (χ2v) is 8.35. The maximum atomic E-state index is 12.8. The number of hydrogen-bond acceptors (Lipinski definition) is 4. The number of amides is 1. The van der Waals surface area contributed by atoms with Crippen molar-refractivity contribution in [2.24, 2.45) is 0 Å². The van der Waals surface area contributed by atoms with E-state index in [0.717, 1.165) is 5.56 Å². The van der Waals surface area contributed by atoms with Crippen LogP contribution in [0, 0.1) is 5.82 Å². The zero-order valence-electron chi connectivity index (χ0n) is 14.7. The zero-order chi connectivity index (χ0) is 19.4. The molecule has 1 amide bonds. The number of halogens is 1. The van der Waals surface area contributed by atoms with Gasteiger partial charge in [0, 0.05) is 0 Å². The summed E-state index contributed by atoms with van der Waals surface area (Å²) in [4.78, 5) is 13.8. The molecule has 2 rings (SSSR count). The van der Waals surface area contributed by atoms with Crippen LogP contribution in [0.2, 0.25) is 0 Å². The van der Waals surface area contributed by atoms with E-state index in [-0.39, 0.29) is 10.3 Å². The van der Waals surface area contributed by atoms with Crippen LogP contribution < -0.4 is 15.0 Å². The van der Waals surface area contributed by atoms with Gasteiger partial charge in [0.1, 0.15) is 11.6 Å². The summed E-state index contributed by atoms with van der Waals surface area (Å²) in [6.45, 7) is 5.65. The molecule has 0 unspecified atom stereocenters. The number of rotatable bonds is 6. The van der Waals surface area contributed by atoms with Crippen LogP contribution in [0.5, 0.6) is 5.75 Å². The summed E-state index contributed by atoms with van der Waals surface area (Å²) in [5.74, 6) is -0.821. The lowest BCUT2D eigenvalue weighted by Crippen LogP contribution is -2.43. The summed E-state index contributed by atoms with van der Waals surface area (Å²) in [6, 6.07) is 11.5. The summed E-state index contributed by atoms with van der Waals surface area (Å²) in [6.07, 6.45) is 0. The normalized spacial score (nSPS) is 11.8. The summed E-state index contributed by atoms with van der Waals surface area (Å²) in [5.41, 5.74) is 2.97. The molecule has 2 aromatic carbocycles. The fourth-order valence-corrected chi connectivity index (χ4v) is 2.89. The summed E-state index contributed by atoms with van der Waals surface area (Å²) in [7, 11) is -3.89. The van der Waals surface area contributed by atoms with Crippen LogP contribution >= 0.6 is 0 Å². The van der Waals surface area contributed by atoms with Gasteiger partial charge in [-0.15, -0.1) is 4.83 Å². The Hall–Kier alpha value is -2.45. The first kappa shape index (κ1) is 19.9. The van der Waals surface area contributed by atoms with Crippen LogP contribution in [-0.2, 0) is 20.2 Å². The molecule has 0 aromatic heterocycles. The fraction of sp³-hybridized carbons (Fsp3) is 0.278. The average molecular weight is 380 g/mol. The molecule has 0 saturated heterocycles. The highest BCUT2D eigenvalue weighted by molar-refractivity contribution is 7.89. The number of sulfonamides is 1. The summed E-state index contributed by atoms with van der Waals surface area (Å²) in [5, 5.41) is 0. The highest BCUT2D eigenvalue weighted by Crippen LogP contribution is 2.23. The Balaban J connectivity index is 1.90. The summed E-state index contributed by atoms with van der Waals surface area (Å²) >= 11 is 0. The van der Waals surface area contributed by atoms with Gasteiger partial charge in [0.05, 0.1) is 4.90 Å². The molecule has 0 aliphatic heterocycles. The van der Waals surface area contributed by atoms with Crippen LogP contribution in [0.3, 0.4) is 0 Å². The maximum Gasteiger partial charge on any atom is 0.272 e. The van der Waals surface area contributed by atoms with Crippen LogP contribution in [0.4, 0.5) is 4.39 Å². The molecular weight excluding hydrogens is 359 g/mol. The van der Waals surface area contributed by atoms with Gasteiger partial charge in [-0.05, 0) is 47.4 Å². The van der Waals surface area contributed by atoms with Gasteiger partial charge in [-0.3, -0.25) is 10.2 Å². The van der Waals surface area contributed by atoms with Gasteiger partial charge in [-0.25, -0.2) is 12.8 Å². The van der Waals surface area contributed by atoms with Crippen molar-refractivity contribution in [1.82, 2.24) is 10.3 Å². The molecule has 0 heterocycles. The number of hydrogen-bond donors (Lipinski definition) is 2. The third-order valence-electron chi connectivity index (χ3n) is 3.54. The van der Waals surface area contributed by atoms with Gasteiger partial charge in [0.25, 0.3) is 15.9 Å². The van der Waals surface area contributed by atoms with E-state index < -0.39 is 28.4 Å². The number of nitrogens with one attached hydrogen (secondary N) is 2. The highest BCUT2D eigenvalue weighted by Gasteiger charge is 2.18. The zero-order valence-corrected chi connectivity index (χ0v) is 15.6. The molecular formula is C18H21FN2O4S. The molecule has 0 fully saturated rings. The largest absolute Gasteiger partial charge is 0.484 e. The minimum atomic E-state index is -3.89. The Morgan fingerprint density at radius 2 is 1.62 bits per heavy atom. The molecule has 0 bridgehead atoms. The molecule has 0 radical (unpaired) electrons. The topological polar surface area (TPSA) is 84.5 Å². The van der Waals surface area contributed by atoms with Crippen LogP contribution in [0.15, 0.2) is 53.4 Å². The monoisotopic (exact) mass is 380 g/mol. The molecule has 0 aliphatic carbocycles. The number of hydrazine groups is 1. The Kier molecular flexibility index (Phi) is 5.99. The Labute approximate surface area is 152 Å². The van der Waals surface area contributed by atoms with E-state index in [4.69, 9.17) is 4.74 Å². The molecule has 2 aromatic rings. The lowest BCUT2D eigenvalue weighted by molar-refractivity contribution is -0.123. The number of ether oxygens (including phenoxy) is 1. The van der Waals surface area contributed by atoms with Gasteiger partial charge < -0.3 is 4.74 Å². The van der Waals surface area contributed by atoms with Crippen molar-refractivity contribution in [3.05, 3.63) is 59.9 Å². The van der Waals surface area contributed by atoms with E-state index >= 15 is 0 Å². The predicted octanol–water partition coefficient (Wildman–Crippen LogP) is 2.51. The minimum absolute atomic E-state index is 0.0326. The van der Waals surface area contributed by atoms with Crippen molar-refractivity contribution in [2.75, 3.05) is 6.61 Å². The third kappa shape index (κ3) is 5.53. The van der Waals surface area contributed by atoms with Crippen molar-refractivity contribution in [2.45, 2.75) is 31.1 Å². The maximum absolute atomic E-state index is 12.8. The molecule has 0 saturated carbocycles. The van der Waals surface area contributed by atoms with Crippen LogP contribution in [0.25, 0.3) is 0 Å². The number of benzene rings is 2. The first-order chi connectivity index (χ1) is 12.1. The number of carbonyl (C=O) groups excluding carboxylic acids is 1. The number of carbonyl (C=O) groups is 1. The second kappa shape index (κ2) is 7.84. The molecule has 0 atom stereocenters. The van der Waals surface area contributed by atoms with Crippen molar-refractivity contribution in [3.63, 3.8) is 0 Å². The van der Waals surface area contributed by atoms with Gasteiger partial charge >= 0.3 is 0 Å². The fourth-order valence-electron chi connectivity index (χ4n) is 2.03. The van der Waals surface area contributed by atoms with E-state index in [1.165, 1.54) is 36.4 Å². The quantitative estimate of drug-likeness (QED) is 0.754. The first-order valence-corrected chi connectivity index (χ1v) is 9.36. The molecule has 0 aliphatic rings. The Morgan fingerprint density at radius 1 is 1.04 bits per heavy atom. The van der Waals surface area contributed by atoms with Crippen molar-refractivity contribution >= 4 is 15.9 Å². The van der Waals surface area contributed by atoms with Crippen molar-refractivity contribution in [1.29, 1.82) is 0 Å². The average Bonchev–Trinajstić information content (AvgIpc) is 2.59. The highest BCUT2D eigenvalue weighted by atomic mass is 32.2. The van der Waals surface area contributed by atoms with E-state index in [1.54, 1.807) is 12.1 Å². The molecule has 26 heavy (non-hydrogen) atoms. The lowest BCUT2D eigenvalue weighted by Gasteiger charge is -2.19. The van der Waals surface area contributed by atoms with Crippen molar-refractivity contribution < 1.29 is 22.3 Å². The Bertz CT molecular complexity index is 858. The van der Waals surface area contributed by atoms with Crippen molar-refractivity contribution in [3.8, 4) is 5.75 Å². The van der Waals surface area contributed by atoms with Crippen LogP contribution in [-0.4, -0.2) is 20.9 Å². The SMILES string of the molecule is CC(C)(C)c1ccc(S(=O)(=O)NNC(=O)COc2ccc(F)cc2)cc1. The van der Waals surface area contributed by atoms with Gasteiger partial charge in [0.15, 0.2) is 6.61 Å². The molecule has 8 heteroatoms. The molecule has 0 spiro atoms. The smallest absolute Gasteiger partial charge is 0.272 e. The second-order valence-electron chi connectivity index (χ2n) is 6.67. The Morgan fingerprint density at radius 3 is 2.15 bits per heavy atom. The first-order valence-electron chi connectivity index (χ1n) is 7.87. The molecule has 6 nitrogen and oxygen atoms in total. The third-order valence-corrected chi connectivity index (χ3v) is 4.80. The summed E-state index contributed by atoms with van der Waals surface area (Å²) < 4.78 is 42.3. The molecule has 2 N–H and O–H groups in total.